The van der Waals surface area contributed by atoms with Crippen LogP contribution in [0.25, 0.3) is 0 Å². The average molecular weight is 291 g/mol. The number of nitrogens with zero attached hydrogens (tertiary/aromatic N) is 1. The van der Waals surface area contributed by atoms with Gasteiger partial charge >= 0.3 is 0 Å². The lowest BCUT2D eigenvalue weighted by atomic mass is 10.1. The maximum Gasteiger partial charge on any atom is 0.254 e. The second-order valence-electron chi connectivity index (χ2n) is 4.46. The topological polar surface area (TPSA) is 92.5 Å². The van der Waals surface area contributed by atoms with E-state index >= 15 is 0 Å². The van der Waals surface area contributed by atoms with Crippen LogP contribution in [0.1, 0.15) is 22.8 Å². The average Bonchev–Trinajstić information content (AvgIpc) is 2.42. The van der Waals surface area contributed by atoms with Crippen molar-refractivity contribution in [2.75, 3.05) is 6.54 Å². The molecule has 1 aromatic rings. The molecular formula is C13H13N3O3S. The highest BCUT2D eigenvalue weighted by Crippen LogP contribution is 2.12. The summed E-state index contributed by atoms with van der Waals surface area (Å²) in [6.07, 6.45) is 0. The Bertz CT molecular complexity index is 597. The Balaban J connectivity index is 2.23. The molecule has 0 aliphatic carbocycles. The van der Waals surface area contributed by atoms with Crippen molar-refractivity contribution in [2.24, 2.45) is 5.73 Å². The standard InChI is InChI=1S/C13H13N3O3S/c1-7-12(18)15-10(17)6-16(7)13(19)9-4-2-8(3-5-9)11(14)20/h2-5,7H,6H2,1H3,(H2,14,20)(H,15,17,18). The number of piperazine rings is 1. The van der Waals surface area contributed by atoms with Crippen molar-refractivity contribution in [1.29, 1.82) is 0 Å². The molecule has 3 amide bonds. The minimum atomic E-state index is -0.685. The van der Waals surface area contributed by atoms with Gasteiger partial charge in [0.25, 0.3) is 5.91 Å². The molecule has 2 rings (SSSR count). The van der Waals surface area contributed by atoms with Crippen molar-refractivity contribution >= 4 is 34.9 Å². The minimum absolute atomic E-state index is 0.136. The van der Waals surface area contributed by atoms with E-state index in [0.29, 0.717) is 11.1 Å². The summed E-state index contributed by atoms with van der Waals surface area (Å²) in [5.41, 5.74) is 6.50. The third kappa shape index (κ3) is 2.67. The number of carbonyl (C=O) groups is 3. The molecule has 7 heteroatoms. The van der Waals surface area contributed by atoms with Crippen molar-refractivity contribution in [3.8, 4) is 0 Å². The number of nitrogens with two attached hydrogens (primary N) is 1. The molecular weight excluding hydrogens is 278 g/mol. The normalized spacial score (nSPS) is 18.6. The molecule has 0 radical (unpaired) electrons. The first-order valence-electron chi connectivity index (χ1n) is 5.94. The van der Waals surface area contributed by atoms with Gasteiger partial charge in [-0.05, 0) is 19.1 Å². The predicted octanol–water partition coefficient (Wildman–Crippen LogP) is -0.192. The summed E-state index contributed by atoms with van der Waals surface area (Å²) < 4.78 is 0. The van der Waals surface area contributed by atoms with Crippen molar-refractivity contribution in [2.45, 2.75) is 13.0 Å². The minimum Gasteiger partial charge on any atom is -0.389 e. The molecule has 0 saturated carbocycles. The number of hydrogen-bond donors (Lipinski definition) is 2. The van der Waals surface area contributed by atoms with E-state index in [9.17, 15) is 14.4 Å². The fourth-order valence-electron chi connectivity index (χ4n) is 1.91. The maximum atomic E-state index is 12.3. The second-order valence-corrected chi connectivity index (χ2v) is 4.90. The van der Waals surface area contributed by atoms with Crippen LogP contribution in [0.4, 0.5) is 0 Å². The van der Waals surface area contributed by atoms with Gasteiger partial charge in [0.05, 0.1) is 0 Å². The van der Waals surface area contributed by atoms with Gasteiger partial charge in [0.2, 0.25) is 11.8 Å². The summed E-state index contributed by atoms with van der Waals surface area (Å²) in [7, 11) is 0. The number of thiocarbonyl (C=S) groups is 1. The Labute approximate surface area is 120 Å². The van der Waals surface area contributed by atoms with E-state index in [4.69, 9.17) is 18.0 Å². The van der Waals surface area contributed by atoms with Crippen LogP contribution < -0.4 is 11.1 Å². The van der Waals surface area contributed by atoms with E-state index in [1.165, 1.54) is 4.90 Å². The first-order valence-corrected chi connectivity index (χ1v) is 6.35. The Kier molecular flexibility index (Phi) is 3.80. The van der Waals surface area contributed by atoms with Crippen molar-refractivity contribution in [3.63, 3.8) is 0 Å². The first kappa shape index (κ1) is 14.1. The van der Waals surface area contributed by atoms with E-state index in [0.717, 1.165) is 0 Å². The highest BCUT2D eigenvalue weighted by Gasteiger charge is 2.33. The monoisotopic (exact) mass is 291 g/mol. The molecule has 0 aromatic heterocycles. The molecule has 104 valence electrons. The molecule has 1 fully saturated rings. The molecule has 3 N–H and O–H groups in total. The van der Waals surface area contributed by atoms with Gasteiger partial charge in [-0.3, -0.25) is 19.7 Å². The molecule has 20 heavy (non-hydrogen) atoms. The van der Waals surface area contributed by atoms with Crippen LogP contribution in [0, 0.1) is 0 Å². The highest BCUT2D eigenvalue weighted by atomic mass is 32.1. The van der Waals surface area contributed by atoms with Crippen LogP contribution in [-0.2, 0) is 9.59 Å². The SMILES string of the molecule is CC1C(=O)NC(=O)CN1C(=O)c1ccc(C(N)=S)cc1. The Morgan fingerprint density at radius 1 is 1.30 bits per heavy atom. The van der Waals surface area contributed by atoms with Gasteiger partial charge in [0, 0.05) is 11.1 Å². The van der Waals surface area contributed by atoms with E-state index < -0.39 is 17.9 Å². The van der Waals surface area contributed by atoms with Gasteiger partial charge in [0.1, 0.15) is 17.6 Å². The van der Waals surface area contributed by atoms with E-state index in [-0.39, 0.29) is 17.4 Å². The summed E-state index contributed by atoms with van der Waals surface area (Å²) in [5.74, 6) is -1.34. The van der Waals surface area contributed by atoms with Crippen LogP contribution >= 0.6 is 12.2 Å². The van der Waals surface area contributed by atoms with Gasteiger partial charge < -0.3 is 10.6 Å². The molecule has 1 aromatic carbocycles. The van der Waals surface area contributed by atoms with Crippen LogP contribution in [-0.4, -0.2) is 40.2 Å². The number of benzene rings is 1. The molecule has 1 aliphatic rings. The lowest BCUT2D eigenvalue weighted by Crippen LogP contribution is -2.58. The summed E-state index contributed by atoms with van der Waals surface area (Å²) in [4.78, 5) is 36.7. The first-order chi connectivity index (χ1) is 9.40. The number of carbonyl (C=O) groups excluding carboxylic acids is 3. The lowest BCUT2D eigenvalue weighted by molar-refractivity contribution is -0.138. The third-order valence-corrected chi connectivity index (χ3v) is 3.34. The van der Waals surface area contributed by atoms with Gasteiger partial charge in [0.15, 0.2) is 0 Å². The summed E-state index contributed by atoms with van der Waals surface area (Å²) in [6, 6.07) is 5.72. The fourth-order valence-corrected chi connectivity index (χ4v) is 2.04. The molecule has 0 bridgehead atoms. The molecule has 1 atom stereocenters. The van der Waals surface area contributed by atoms with Gasteiger partial charge in [-0.1, -0.05) is 24.4 Å². The number of nitrogens with one attached hydrogen (secondary N) is 1. The van der Waals surface area contributed by atoms with Crippen molar-refractivity contribution in [1.82, 2.24) is 10.2 Å². The van der Waals surface area contributed by atoms with Gasteiger partial charge in [-0.2, -0.15) is 0 Å². The molecule has 0 spiro atoms. The molecule has 6 nitrogen and oxygen atoms in total. The largest absolute Gasteiger partial charge is 0.389 e. The van der Waals surface area contributed by atoms with E-state index in [1.54, 1.807) is 31.2 Å². The van der Waals surface area contributed by atoms with Crippen LogP contribution in [0.3, 0.4) is 0 Å². The number of hydrogen-bond acceptors (Lipinski definition) is 4. The summed E-state index contributed by atoms with van der Waals surface area (Å²) in [5, 5.41) is 2.18. The number of imide groups is 1. The van der Waals surface area contributed by atoms with Crippen LogP contribution in [0.2, 0.25) is 0 Å². The fraction of sp³-hybridized carbons (Fsp3) is 0.231. The third-order valence-electron chi connectivity index (χ3n) is 3.10. The highest BCUT2D eigenvalue weighted by molar-refractivity contribution is 7.80. The molecule has 1 aliphatic heterocycles. The summed E-state index contributed by atoms with van der Waals surface area (Å²) in [6.45, 7) is 1.44. The Morgan fingerprint density at radius 3 is 2.40 bits per heavy atom. The van der Waals surface area contributed by atoms with Crippen LogP contribution in [0.15, 0.2) is 24.3 Å². The zero-order valence-corrected chi connectivity index (χ0v) is 11.6. The van der Waals surface area contributed by atoms with Crippen LogP contribution in [0.5, 0.6) is 0 Å². The quantitative estimate of drug-likeness (QED) is 0.582. The second kappa shape index (κ2) is 5.38. The Hall–Kier alpha value is -2.28. The Morgan fingerprint density at radius 2 is 1.85 bits per heavy atom. The summed E-state index contributed by atoms with van der Waals surface area (Å²) >= 11 is 4.83. The zero-order chi connectivity index (χ0) is 14.9. The van der Waals surface area contributed by atoms with Gasteiger partial charge in [-0.25, -0.2) is 0 Å². The molecule has 1 heterocycles. The smallest absolute Gasteiger partial charge is 0.254 e. The molecule has 1 unspecified atom stereocenters. The van der Waals surface area contributed by atoms with E-state index in [2.05, 4.69) is 5.32 Å². The zero-order valence-electron chi connectivity index (χ0n) is 10.8. The molecule has 1 saturated heterocycles. The number of amides is 3. The lowest BCUT2D eigenvalue weighted by Gasteiger charge is -2.31. The van der Waals surface area contributed by atoms with Crippen molar-refractivity contribution < 1.29 is 14.4 Å². The predicted molar refractivity (Wildman–Crippen MR) is 76.0 cm³/mol. The van der Waals surface area contributed by atoms with Gasteiger partial charge in [-0.15, -0.1) is 0 Å². The number of rotatable bonds is 2. The van der Waals surface area contributed by atoms with Crippen molar-refractivity contribution in [3.05, 3.63) is 35.4 Å². The maximum absolute atomic E-state index is 12.3. The van der Waals surface area contributed by atoms with E-state index in [1.807, 2.05) is 0 Å².